The first-order valence-corrected chi connectivity index (χ1v) is 7.14. The fraction of sp³-hybridized carbons (Fsp3) is 0.571. The lowest BCUT2D eigenvalue weighted by atomic mass is 9.90. The number of hydrogen-bond acceptors (Lipinski definition) is 4. The Morgan fingerprint density at radius 2 is 2.00 bits per heavy atom. The lowest BCUT2D eigenvalue weighted by molar-refractivity contribution is -0.0461. The van der Waals surface area contributed by atoms with Crippen molar-refractivity contribution >= 4 is 15.9 Å². The molecule has 1 aliphatic heterocycles. The highest BCUT2D eigenvalue weighted by Gasteiger charge is 2.29. The molecule has 2 rings (SSSR count). The van der Waals surface area contributed by atoms with Crippen LogP contribution in [0.4, 0.5) is 0 Å². The predicted molar refractivity (Wildman–Crippen MR) is 75.7 cm³/mol. The van der Waals surface area contributed by atoms with Crippen LogP contribution >= 0.6 is 15.9 Å². The molecule has 106 valence electrons. The van der Waals surface area contributed by atoms with Crippen molar-refractivity contribution < 1.29 is 19.3 Å². The van der Waals surface area contributed by atoms with Gasteiger partial charge >= 0.3 is 0 Å². The van der Waals surface area contributed by atoms with Gasteiger partial charge in [0.2, 0.25) is 0 Å². The van der Waals surface area contributed by atoms with Crippen LogP contribution < -0.4 is 9.47 Å². The van der Waals surface area contributed by atoms with Gasteiger partial charge < -0.3 is 19.3 Å². The van der Waals surface area contributed by atoms with E-state index in [9.17, 15) is 5.11 Å². The molecule has 1 aromatic rings. The van der Waals surface area contributed by atoms with Crippen LogP contribution in [0.3, 0.4) is 0 Å². The van der Waals surface area contributed by atoms with Gasteiger partial charge in [-0.05, 0) is 30.5 Å². The Bertz CT molecular complexity index is 436. The fourth-order valence-electron chi connectivity index (χ4n) is 2.46. The molecule has 0 aliphatic carbocycles. The number of halogens is 1. The van der Waals surface area contributed by atoms with Crippen molar-refractivity contribution in [1.29, 1.82) is 0 Å². The third kappa shape index (κ3) is 3.04. The summed E-state index contributed by atoms with van der Waals surface area (Å²) in [5.74, 6) is 1.48. The Hall–Kier alpha value is -0.780. The molecule has 1 aromatic carbocycles. The van der Waals surface area contributed by atoms with E-state index in [1.54, 1.807) is 14.2 Å². The first-order valence-electron chi connectivity index (χ1n) is 6.35. The van der Waals surface area contributed by atoms with Gasteiger partial charge in [-0.1, -0.05) is 15.9 Å². The zero-order valence-corrected chi connectivity index (χ0v) is 12.8. The van der Waals surface area contributed by atoms with E-state index < -0.39 is 0 Å². The molecule has 1 aliphatic rings. The van der Waals surface area contributed by atoms with E-state index >= 15 is 0 Å². The fourth-order valence-corrected chi connectivity index (χ4v) is 3.01. The van der Waals surface area contributed by atoms with Gasteiger partial charge in [0.05, 0.1) is 20.3 Å². The maximum absolute atomic E-state index is 9.49. The third-order valence-corrected chi connectivity index (χ3v) is 4.18. The summed E-state index contributed by atoms with van der Waals surface area (Å²) in [6, 6.07) is 3.79. The van der Waals surface area contributed by atoms with Gasteiger partial charge in [-0.15, -0.1) is 0 Å². The zero-order chi connectivity index (χ0) is 13.8. The number of ether oxygens (including phenoxy) is 3. The molecule has 2 atom stereocenters. The molecule has 0 saturated carbocycles. The van der Waals surface area contributed by atoms with Gasteiger partial charge in [0.1, 0.15) is 0 Å². The van der Waals surface area contributed by atoms with Crippen LogP contribution in [-0.2, 0) is 4.74 Å². The van der Waals surface area contributed by atoms with Gasteiger partial charge in [-0.2, -0.15) is 0 Å². The minimum absolute atomic E-state index is 0.104. The van der Waals surface area contributed by atoms with Crippen molar-refractivity contribution in [3.05, 3.63) is 22.2 Å². The Morgan fingerprint density at radius 1 is 1.32 bits per heavy atom. The van der Waals surface area contributed by atoms with Gasteiger partial charge in [0.15, 0.2) is 11.5 Å². The van der Waals surface area contributed by atoms with Crippen molar-refractivity contribution in [3.8, 4) is 11.5 Å². The van der Waals surface area contributed by atoms with Gasteiger partial charge in [0.25, 0.3) is 0 Å². The average molecular weight is 331 g/mol. The van der Waals surface area contributed by atoms with Crippen molar-refractivity contribution in [1.82, 2.24) is 0 Å². The number of benzene rings is 1. The SMILES string of the molecule is COc1cc(Br)c(C2OCCCC2CO)cc1OC. The summed E-state index contributed by atoms with van der Waals surface area (Å²) in [5.41, 5.74) is 0.997. The van der Waals surface area contributed by atoms with Crippen molar-refractivity contribution in [2.24, 2.45) is 5.92 Å². The van der Waals surface area contributed by atoms with E-state index in [0.29, 0.717) is 11.5 Å². The quantitative estimate of drug-likeness (QED) is 0.922. The number of rotatable bonds is 4. The van der Waals surface area contributed by atoms with Crippen LogP contribution in [0.1, 0.15) is 24.5 Å². The number of aliphatic hydroxyl groups is 1. The van der Waals surface area contributed by atoms with Crippen molar-refractivity contribution in [2.75, 3.05) is 27.4 Å². The normalized spacial score (nSPS) is 23.2. The number of hydrogen-bond donors (Lipinski definition) is 1. The first kappa shape index (κ1) is 14.6. The van der Waals surface area contributed by atoms with E-state index in [4.69, 9.17) is 14.2 Å². The van der Waals surface area contributed by atoms with E-state index in [2.05, 4.69) is 15.9 Å². The molecule has 0 radical (unpaired) electrons. The minimum Gasteiger partial charge on any atom is -0.493 e. The maximum Gasteiger partial charge on any atom is 0.161 e. The molecule has 0 amide bonds. The van der Waals surface area contributed by atoms with Crippen LogP contribution in [0.5, 0.6) is 11.5 Å². The number of aliphatic hydroxyl groups excluding tert-OH is 1. The van der Waals surface area contributed by atoms with Crippen LogP contribution in [0.25, 0.3) is 0 Å². The van der Waals surface area contributed by atoms with E-state index in [-0.39, 0.29) is 18.6 Å². The molecule has 0 aromatic heterocycles. The second kappa shape index (κ2) is 6.59. The average Bonchev–Trinajstić information content (AvgIpc) is 2.46. The Labute approximate surface area is 121 Å². The van der Waals surface area contributed by atoms with E-state index in [0.717, 1.165) is 29.5 Å². The molecule has 1 heterocycles. The molecule has 1 saturated heterocycles. The molecule has 4 nitrogen and oxygen atoms in total. The molecule has 0 bridgehead atoms. The zero-order valence-electron chi connectivity index (χ0n) is 11.2. The molecular weight excluding hydrogens is 312 g/mol. The molecule has 5 heteroatoms. The Morgan fingerprint density at radius 3 is 2.63 bits per heavy atom. The maximum atomic E-state index is 9.49. The summed E-state index contributed by atoms with van der Waals surface area (Å²) in [6.07, 6.45) is 1.86. The summed E-state index contributed by atoms with van der Waals surface area (Å²) in [7, 11) is 3.22. The second-order valence-electron chi connectivity index (χ2n) is 4.60. The standard InChI is InChI=1S/C14H19BrO4/c1-17-12-6-10(11(15)7-13(12)18-2)14-9(8-16)4-3-5-19-14/h6-7,9,14,16H,3-5,8H2,1-2H3. The minimum atomic E-state index is -0.104. The molecule has 1 fully saturated rings. The van der Waals surface area contributed by atoms with Crippen molar-refractivity contribution in [2.45, 2.75) is 18.9 Å². The highest BCUT2D eigenvalue weighted by molar-refractivity contribution is 9.10. The topological polar surface area (TPSA) is 47.9 Å². The third-order valence-electron chi connectivity index (χ3n) is 3.49. The summed E-state index contributed by atoms with van der Waals surface area (Å²) in [5, 5.41) is 9.49. The van der Waals surface area contributed by atoms with Crippen LogP contribution in [0.15, 0.2) is 16.6 Å². The van der Waals surface area contributed by atoms with E-state index in [1.807, 2.05) is 12.1 Å². The Kier molecular flexibility index (Phi) is 5.07. The monoisotopic (exact) mass is 330 g/mol. The van der Waals surface area contributed by atoms with Crippen molar-refractivity contribution in [3.63, 3.8) is 0 Å². The van der Waals surface area contributed by atoms with Crippen LogP contribution in [0, 0.1) is 5.92 Å². The summed E-state index contributed by atoms with van der Waals surface area (Å²) >= 11 is 3.55. The highest BCUT2D eigenvalue weighted by atomic mass is 79.9. The lowest BCUT2D eigenvalue weighted by Gasteiger charge is -2.31. The first-order chi connectivity index (χ1) is 9.21. The Balaban J connectivity index is 2.37. The summed E-state index contributed by atoms with van der Waals surface area (Å²) in [6.45, 7) is 0.855. The van der Waals surface area contributed by atoms with E-state index in [1.165, 1.54) is 0 Å². The van der Waals surface area contributed by atoms with Crippen LogP contribution in [-0.4, -0.2) is 32.5 Å². The lowest BCUT2D eigenvalue weighted by Crippen LogP contribution is -2.25. The molecule has 0 spiro atoms. The van der Waals surface area contributed by atoms with Crippen LogP contribution in [0.2, 0.25) is 0 Å². The summed E-state index contributed by atoms with van der Waals surface area (Å²) in [4.78, 5) is 0. The molecule has 2 unspecified atom stereocenters. The van der Waals surface area contributed by atoms with Gasteiger partial charge in [0, 0.05) is 23.6 Å². The van der Waals surface area contributed by atoms with Gasteiger partial charge in [-0.25, -0.2) is 0 Å². The number of methoxy groups -OCH3 is 2. The second-order valence-corrected chi connectivity index (χ2v) is 5.46. The summed E-state index contributed by atoms with van der Waals surface area (Å²) < 4.78 is 17.3. The largest absolute Gasteiger partial charge is 0.493 e. The van der Waals surface area contributed by atoms with Gasteiger partial charge in [-0.3, -0.25) is 0 Å². The molecule has 1 N–H and O–H groups in total. The molecule has 19 heavy (non-hydrogen) atoms. The molecular formula is C14H19BrO4. The highest BCUT2D eigenvalue weighted by Crippen LogP contribution is 2.41. The smallest absolute Gasteiger partial charge is 0.161 e. The predicted octanol–water partition coefficient (Wildman–Crippen LogP) is 2.93.